The van der Waals surface area contributed by atoms with Crippen LogP contribution >= 0.6 is 67.8 Å². The van der Waals surface area contributed by atoms with Crippen LogP contribution in [0.1, 0.15) is 70.6 Å². The van der Waals surface area contributed by atoms with Gasteiger partial charge in [-0.05, 0) is 112 Å². The van der Waals surface area contributed by atoms with Gasteiger partial charge in [-0.2, -0.15) is 0 Å². The van der Waals surface area contributed by atoms with Gasteiger partial charge in [0.1, 0.15) is 5.75 Å². The maximum Gasteiger partial charge on any atom is 0.186 e. The molecule has 1 saturated heterocycles. The molecule has 1 aromatic carbocycles. The number of ether oxygens (including phenoxy) is 3. The minimum atomic E-state index is -4.31. The van der Waals surface area contributed by atoms with Gasteiger partial charge in [-0.25, -0.2) is 8.42 Å². The predicted molar refractivity (Wildman–Crippen MR) is 159 cm³/mol. The van der Waals surface area contributed by atoms with Crippen molar-refractivity contribution in [2.75, 3.05) is 12.4 Å². The molecule has 2 rings (SSSR count). The van der Waals surface area contributed by atoms with E-state index in [0.29, 0.717) is 37.9 Å². The van der Waals surface area contributed by atoms with Crippen molar-refractivity contribution in [1.82, 2.24) is 0 Å². The fraction of sp³-hybridized carbons (Fsp3) is 0.739. The first-order chi connectivity index (χ1) is 16.8. The smallest absolute Gasteiger partial charge is 0.186 e. The zero-order valence-corrected chi connectivity index (χ0v) is 27.5. The molecule has 1 heterocycles. The molecule has 1 aliphatic rings. The largest absolute Gasteiger partial charge is 0.748 e. The second kappa shape index (κ2) is 15.6. The number of benzene rings is 1. The van der Waals surface area contributed by atoms with Crippen LogP contribution in [0.3, 0.4) is 0 Å². The molecule has 1 aliphatic heterocycles. The average Bonchev–Trinajstić information content (AvgIpc) is 2.77. The summed E-state index contributed by atoms with van der Waals surface area (Å²) in [6.45, 7) is 3.84. The SMILES string of the molecule is CCC(O)CC(O)CC1CC(CC(O)CC)OC(c2c(I)cc(I)c(OCCCS(=O)(=O)[O-])c2I)O1. The summed E-state index contributed by atoms with van der Waals surface area (Å²) in [4.78, 5) is 0. The van der Waals surface area contributed by atoms with Crippen LogP contribution in [-0.2, 0) is 19.6 Å². The van der Waals surface area contributed by atoms with Crippen LogP contribution < -0.4 is 4.74 Å². The maximum absolute atomic E-state index is 10.9. The van der Waals surface area contributed by atoms with E-state index in [4.69, 9.17) is 14.2 Å². The maximum atomic E-state index is 10.9. The van der Waals surface area contributed by atoms with Crippen LogP contribution in [-0.4, -0.2) is 71.2 Å². The molecule has 0 bridgehead atoms. The Kier molecular flexibility index (Phi) is 14.4. The van der Waals surface area contributed by atoms with Crippen molar-refractivity contribution in [2.24, 2.45) is 0 Å². The molecule has 0 saturated carbocycles. The van der Waals surface area contributed by atoms with E-state index in [1.807, 2.05) is 19.9 Å². The van der Waals surface area contributed by atoms with E-state index in [9.17, 15) is 28.3 Å². The Bertz CT molecular complexity index is 945. The van der Waals surface area contributed by atoms with Crippen molar-refractivity contribution >= 4 is 77.9 Å². The highest BCUT2D eigenvalue weighted by Crippen LogP contribution is 2.42. The molecule has 0 aliphatic carbocycles. The molecule has 0 aromatic heterocycles. The van der Waals surface area contributed by atoms with Gasteiger partial charge >= 0.3 is 0 Å². The van der Waals surface area contributed by atoms with Gasteiger partial charge in [0, 0.05) is 21.3 Å². The monoisotopic (exact) mass is 867 g/mol. The standard InChI is InChI=1S/C23H35I3O9S/c1-3-13(27)8-15(29)10-17-11-16(9-14(28)4-2)34-23(35-17)20-18(24)12-19(25)22(21(20)26)33-6-5-7-36(30,31)32/h12-17,23,27-29H,3-11H2,1-2H3,(H,30,31,32)/p-1. The van der Waals surface area contributed by atoms with Gasteiger partial charge in [0.2, 0.25) is 0 Å². The number of halogens is 3. The first-order valence-electron chi connectivity index (χ1n) is 11.9. The summed E-state index contributed by atoms with van der Waals surface area (Å²) >= 11 is 6.49. The van der Waals surface area contributed by atoms with E-state index in [1.54, 1.807) is 0 Å². The second-order valence-electron chi connectivity index (χ2n) is 8.93. The van der Waals surface area contributed by atoms with E-state index >= 15 is 0 Å². The summed E-state index contributed by atoms with van der Waals surface area (Å²) in [5, 5.41) is 30.7. The van der Waals surface area contributed by atoms with Gasteiger partial charge < -0.3 is 34.1 Å². The third-order valence-corrected chi connectivity index (χ3v) is 9.45. The lowest BCUT2D eigenvalue weighted by atomic mass is 9.96. The Morgan fingerprint density at radius 1 is 1.03 bits per heavy atom. The number of aliphatic hydroxyl groups excluding tert-OH is 3. The first kappa shape index (κ1) is 33.1. The summed E-state index contributed by atoms with van der Waals surface area (Å²) in [7, 11) is -4.31. The molecular formula is C23H34I3O9S-. The van der Waals surface area contributed by atoms with E-state index in [0.717, 1.165) is 16.3 Å². The Morgan fingerprint density at radius 3 is 2.17 bits per heavy atom. The van der Waals surface area contributed by atoms with Crippen molar-refractivity contribution in [2.45, 2.75) is 95.6 Å². The van der Waals surface area contributed by atoms with Crippen LogP contribution in [0.5, 0.6) is 5.75 Å². The van der Waals surface area contributed by atoms with Crippen molar-refractivity contribution < 1.29 is 42.5 Å². The zero-order valence-electron chi connectivity index (χ0n) is 20.2. The van der Waals surface area contributed by atoms with E-state index in [-0.39, 0.29) is 31.7 Å². The van der Waals surface area contributed by atoms with Crippen LogP contribution in [0.25, 0.3) is 0 Å². The molecule has 0 amide bonds. The normalized spacial score (nSPS) is 23.3. The van der Waals surface area contributed by atoms with E-state index in [2.05, 4.69) is 67.8 Å². The molecule has 1 fully saturated rings. The minimum Gasteiger partial charge on any atom is -0.748 e. The molecule has 6 atom stereocenters. The molecule has 6 unspecified atom stereocenters. The Labute approximate surface area is 254 Å². The average molecular weight is 867 g/mol. The van der Waals surface area contributed by atoms with Gasteiger partial charge in [0.15, 0.2) is 6.29 Å². The Balaban J connectivity index is 2.27. The lowest BCUT2D eigenvalue weighted by molar-refractivity contribution is -0.257. The highest BCUT2D eigenvalue weighted by molar-refractivity contribution is 14.1. The van der Waals surface area contributed by atoms with Crippen molar-refractivity contribution in [3.8, 4) is 5.75 Å². The summed E-state index contributed by atoms with van der Waals surface area (Å²) in [5.41, 5.74) is 0.756. The van der Waals surface area contributed by atoms with Crippen molar-refractivity contribution in [3.05, 3.63) is 22.3 Å². The van der Waals surface area contributed by atoms with Crippen LogP contribution in [0.15, 0.2) is 6.07 Å². The summed E-state index contributed by atoms with van der Waals surface area (Å²) in [5.74, 6) is 0.0604. The van der Waals surface area contributed by atoms with Gasteiger partial charge in [-0.15, -0.1) is 0 Å². The fourth-order valence-electron chi connectivity index (χ4n) is 3.92. The molecule has 1 aromatic rings. The molecule has 13 heteroatoms. The van der Waals surface area contributed by atoms with Crippen molar-refractivity contribution in [1.29, 1.82) is 0 Å². The van der Waals surface area contributed by atoms with Gasteiger partial charge in [-0.1, -0.05) is 13.8 Å². The predicted octanol–water partition coefficient (Wildman–Crippen LogP) is 4.06. The number of rotatable bonds is 14. The lowest BCUT2D eigenvalue weighted by Crippen LogP contribution is -2.38. The summed E-state index contributed by atoms with van der Waals surface area (Å²) in [6, 6.07) is 1.91. The second-order valence-corrected chi connectivity index (χ2v) is 13.9. The van der Waals surface area contributed by atoms with Crippen molar-refractivity contribution in [3.63, 3.8) is 0 Å². The lowest BCUT2D eigenvalue weighted by Gasteiger charge is -2.38. The highest BCUT2D eigenvalue weighted by atomic mass is 127. The molecule has 208 valence electrons. The molecule has 0 radical (unpaired) electrons. The van der Waals surface area contributed by atoms with Crippen LogP contribution in [0.2, 0.25) is 0 Å². The fourth-order valence-corrected chi connectivity index (χ4v) is 8.58. The molecule has 0 spiro atoms. The summed E-state index contributed by atoms with van der Waals surface area (Å²) in [6.07, 6.45) is -0.445. The highest BCUT2D eigenvalue weighted by Gasteiger charge is 2.36. The van der Waals surface area contributed by atoms with Gasteiger partial charge in [-0.3, -0.25) is 0 Å². The Morgan fingerprint density at radius 2 is 1.61 bits per heavy atom. The molecule has 9 nitrogen and oxygen atoms in total. The topological polar surface area (TPSA) is 146 Å². The van der Waals surface area contributed by atoms with Gasteiger partial charge in [0.05, 0.1) is 54.4 Å². The number of hydrogen-bond acceptors (Lipinski definition) is 9. The van der Waals surface area contributed by atoms with E-state index < -0.39 is 40.5 Å². The quantitative estimate of drug-likeness (QED) is 0.143. The molecule has 3 N–H and O–H groups in total. The van der Waals surface area contributed by atoms with Crippen LogP contribution in [0.4, 0.5) is 0 Å². The zero-order chi connectivity index (χ0) is 27.0. The molecule has 36 heavy (non-hydrogen) atoms. The Hall–Kier alpha value is 0.920. The van der Waals surface area contributed by atoms with Crippen LogP contribution in [0, 0.1) is 10.7 Å². The number of hydrogen-bond donors (Lipinski definition) is 3. The third kappa shape index (κ3) is 10.8. The minimum absolute atomic E-state index is 0.0692. The summed E-state index contributed by atoms with van der Waals surface area (Å²) < 4.78 is 53.6. The first-order valence-corrected chi connectivity index (χ1v) is 16.7. The third-order valence-electron chi connectivity index (χ3n) is 5.90. The number of aliphatic hydroxyl groups is 3. The van der Waals surface area contributed by atoms with Gasteiger partial charge in [0.25, 0.3) is 0 Å². The molecular weight excluding hydrogens is 833 g/mol. The van der Waals surface area contributed by atoms with E-state index in [1.165, 1.54) is 0 Å².